The van der Waals surface area contributed by atoms with E-state index in [0.29, 0.717) is 11.3 Å². The van der Waals surface area contributed by atoms with Crippen LogP contribution in [0.4, 0.5) is 0 Å². The second-order valence-electron chi connectivity index (χ2n) is 5.42. The maximum Gasteiger partial charge on any atom is 0.302 e. The zero-order valence-corrected chi connectivity index (χ0v) is 10.6. The number of hydrogen-bond acceptors (Lipinski definition) is 2. The molecule has 0 saturated heterocycles. The maximum absolute atomic E-state index is 11.1. The van der Waals surface area contributed by atoms with Crippen LogP contribution in [0, 0.1) is 11.3 Å². The molecule has 0 amide bonds. The average molecular weight is 222 g/mol. The molecule has 2 rings (SSSR count). The number of carbonyl (C=O) groups is 1. The van der Waals surface area contributed by atoms with Crippen LogP contribution in [0.15, 0.2) is 11.6 Å². The van der Waals surface area contributed by atoms with Crippen LogP contribution in [0.25, 0.3) is 0 Å². The van der Waals surface area contributed by atoms with Crippen molar-refractivity contribution in [3.8, 4) is 0 Å². The predicted octanol–water partition coefficient (Wildman–Crippen LogP) is 3.46. The lowest BCUT2D eigenvalue weighted by Gasteiger charge is -2.42. The van der Waals surface area contributed by atoms with Gasteiger partial charge in [-0.05, 0) is 44.4 Å². The van der Waals surface area contributed by atoms with E-state index in [0.717, 1.165) is 6.42 Å². The lowest BCUT2D eigenvalue weighted by atomic mass is 9.66. The second kappa shape index (κ2) is 4.23. The fourth-order valence-corrected chi connectivity index (χ4v) is 3.80. The van der Waals surface area contributed by atoms with Crippen LogP contribution in [0.3, 0.4) is 0 Å². The molecule has 2 aliphatic rings. The lowest BCUT2D eigenvalue weighted by molar-refractivity contribution is -0.153. The zero-order valence-electron chi connectivity index (χ0n) is 10.6. The molecule has 0 bridgehead atoms. The smallest absolute Gasteiger partial charge is 0.302 e. The lowest BCUT2D eigenvalue weighted by Crippen LogP contribution is -2.39. The molecule has 0 spiro atoms. The van der Waals surface area contributed by atoms with Crippen LogP contribution in [0.2, 0.25) is 0 Å². The normalized spacial score (nSPS) is 40.8. The third-order valence-corrected chi connectivity index (χ3v) is 4.58. The minimum absolute atomic E-state index is 0.122. The van der Waals surface area contributed by atoms with Gasteiger partial charge in [0.05, 0.1) is 0 Å². The van der Waals surface area contributed by atoms with Gasteiger partial charge in [0.2, 0.25) is 0 Å². The minimum atomic E-state index is -0.122. The minimum Gasteiger partial charge on any atom is -0.462 e. The van der Waals surface area contributed by atoms with Gasteiger partial charge >= 0.3 is 5.97 Å². The Balaban J connectivity index is 2.19. The van der Waals surface area contributed by atoms with Crippen LogP contribution < -0.4 is 0 Å². The first-order valence-corrected chi connectivity index (χ1v) is 6.41. The number of hydrogen-bond donors (Lipinski definition) is 0. The second-order valence-corrected chi connectivity index (χ2v) is 5.42. The van der Waals surface area contributed by atoms with Gasteiger partial charge in [0.25, 0.3) is 0 Å². The van der Waals surface area contributed by atoms with Crippen LogP contribution in [0.5, 0.6) is 0 Å². The molecule has 3 unspecified atom stereocenters. The van der Waals surface area contributed by atoms with Crippen molar-refractivity contribution in [1.29, 1.82) is 0 Å². The molecule has 2 heteroatoms. The van der Waals surface area contributed by atoms with Crippen LogP contribution >= 0.6 is 0 Å². The van der Waals surface area contributed by atoms with Crippen LogP contribution in [-0.4, -0.2) is 12.1 Å². The van der Waals surface area contributed by atoms with Gasteiger partial charge in [-0.3, -0.25) is 4.79 Å². The molecule has 3 atom stereocenters. The Kier molecular flexibility index (Phi) is 3.09. The first-order valence-electron chi connectivity index (χ1n) is 6.41. The van der Waals surface area contributed by atoms with Gasteiger partial charge < -0.3 is 4.74 Å². The van der Waals surface area contributed by atoms with Crippen molar-refractivity contribution in [2.45, 2.75) is 59.0 Å². The van der Waals surface area contributed by atoms with Crippen molar-refractivity contribution in [3.05, 3.63) is 11.6 Å². The summed E-state index contributed by atoms with van der Waals surface area (Å²) in [6.45, 7) is 6.02. The Labute approximate surface area is 98.1 Å². The van der Waals surface area contributed by atoms with Crippen molar-refractivity contribution in [2.24, 2.45) is 11.3 Å². The average Bonchev–Trinajstić information content (AvgIpc) is 2.54. The maximum atomic E-state index is 11.1. The molecule has 0 aromatic carbocycles. The number of carbonyl (C=O) groups excluding carboxylic acids is 1. The largest absolute Gasteiger partial charge is 0.462 e. The van der Waals surface area contributed by atoms with E-state index >= 15 is 0 Å². The molecule has 16 heavy (non-hydrogen) atoms. The highest BCUT2D eigenvalue weighted by atomic mass is 16.5. The summed E-state index contributed by atoms with van der Waals surface area (Å²) in [5.41, 5.74) is 1.88. The first-order chi connectivity index (χ1) is 7.58. The van der Waals surface area contributed by atoms with E-state index in [-0.39, 0.29) is 12.1 Å². The van der Waals surface area contributed by atoms with Gasteiger partial charge in [-0.25, -0.2) is 0 Å². The summed E-state index contributed by atoms with van der Waals surface area (Å²) in [5, 5.41) is 0. The molecule has 2 saturated carbocycles. The Bertz CT molecular complexity index is 319. The van der Waals surface area contributed by atoms with Crippen LogP contribution in [-0.2, 0) is 9.53 Å². The number of rotatable bonds is 1. The summed E-state index contributed by atoms with van der Waals surface area (Å²) in [4.78, 5) is 11.1. The number of allylic oxidation sites excluding steroid dienone is 2. The number of ether oxygens (including phenoxy) is 1. The third-order valence-electron chi connectivity index (χ3n) is 4.58. The summed E-state index contributed by atoms with van der Waals surface area (Å²) in [6, 6.07) is 0. The van der Waals surface area contributed by atoms with Gasteiger partial charge in [-0.1, -0.05) is 18.6 Å². The van der Waals surface area contributed by atoms with E-state index in [1.165, 1.54) is 32.6 Å². The standard InChI is InChI=1S/C14H22O2/c1-4-11-7-8-12-13(16-10(2)15)6-5-9-14(11,12)3/h4,12-13H,5-9H2,1-3H3/b11-4+. The van der Waals surface area contributed by atoms with Crippen molar-refractivity contribution >= 4 is 5.97 Å². The van der Waals surface area contributed by atoms with E-state index in [2.05, 4.69) is 19.9 Å². The first kappa shape index (κ1) is 11.7. The summed E-state index contributed by atoms with van der Waals surface area (Å²) in [7, 11) is 0. The molecule has 0 aliphatic heterocycles. The highest BCUT2D eigenvalue weighted by molar-refractivity contribution is 5.66. The Morgan fingerprint density at radius 3 is 2.88 bits per heavy atom. The molecular formula is C14H22O2. The highest BCUT2D eigenvalue weighted by Gasteiger charge is 2.49. The van der Waals surface area contributed by atoms with Gasteiger partial charge in [0.1, 0.15) is 6.10 Å². The molecule has 0 radical (unpaired) electrons. The molecule has 0 N–H and O–H groups in total. The van der Waals surface area contributed by atoms with Gasteiger partial charge in [0.15, 0.2) is 0 Å². The van der Waals surface area contributed by atoms with Gasteiger partial charge in [-0.15, -0.1) is 0 Å². The Morgan fingerprint density at radius 1 is 1.50 bits per heavy atom. The monoisotopic (exact) mass is 222 g/mol. The molecule has 2 aliphatic carbocycles. The van der Waals surface area contributed by atoms with Crippen molar-refractivity contribution in [2.75, 3.05) is 0 Å². The summed E-state index contributed by atoms with van der Waals surface area (Å²) < 4.78 is 5.50. The van der Waals surface area contributed by atoms with Gasteiger partial charge in [-0.2, -0.15) is 0 Å². The quantitative estimate of drug-likeness (QED) is 0.501. The highest BCUT2D eigenvalue weighted by Crippen LogP contribution is 2.55. The van der Waals surface area contributed by atoms with E-state index in [9.17, 15) is 4.79 Å². The molecule has 2 nitrogen and oxygen atoms in total. The van der Waals surface area contributed by atoms with Crippen molar-refractivity contribution in [3.63, 3.8) is 0 Å². The van der Waals surface area contributed by atoms with E-state index in [4.69, 9.17) is 4.74 Å². The molecular weight excluding hydrogens is 200 g/mol. The number of fused-ring (bicyclic) bond motifs is 1. The Hall–Kier alpha value is -0.790. The topological polar surface area (TPSA) is 26.3 Å². The molecule has 0 aromatic rings. The summed E-state index contributed by atoms with van der Waals surface area (Å²) in [6.07, 6.45) is 8.31. The van der Waals surface area contributed by atoms with Crippen LogP contribution in [0.1, 0.15) is 52.9 Å². The van der Waals surface area contributed by atoms with E-state index < -0.39 is 0 Å². The molecule has 90 valence electrons. The fraction of sp³-hybridized carbons (Fsp3) is 0.786. The fourth-order valence-electron chi connectivity index (χ4n) is 3.80. The predicted molar refractivity (Wildman–Crippen MR) is 64.0 cm³/mol. The summed E-state index contributed by atoms with van der Waals surface area (Å²) >= 11 is 0. The zero-order chi connectivity index (χ0) is 11.8. The molecule has 0 heterocycles. The summed E-state index contributed by atoms with van der Waals surface area (Å²) in [5.74, 6) is 0.430. The van der Waals surface area contributed by atoms with Crippen molar-refractivity contribution in [1.82, 2.24) is 0 Å². The van der Waals surface area contributed by atoms with Crippen molar-refractivity contribution < 1.29 is 9.53 Å². The number of esters is 1. The van der Waals surface area contributed by atoms with E-state index in [1.54, 1.807) is 5.57 Å². The van der Waals surface area contributed by atoms with Gasteiger partial charge in [0, 0.05) is 12.8 Å². The Morgan fingerprint density at radius 2 is 2.25 bits per heavy atom. The third kappa shape index (κ3) is 1.79. The SMILES string of the molecule is C/C=C1\CCC2C(OC(C)=O)CCCC12C. The molecule has 2 fully saturated rings. The van der Waals surface area contributed by atoms with E-state index in [1.807, 2.05) is 0 Å². The molecule has 0 aromatic heterocycles.